The van der Waals surface area contributed by atoms with Crippen LogP contribution in [0.5, 0.6) is 5.75 Å². The summed E-state index contributed by atoms with van der Waals surface area (Å²) >= 11 is 0. The first-order valence-electron chi connectivity index (χ1n) is 5.42. The van der Waals surface area contributed by atoms with Crippen LogP contribution in [0.15, 0.2) is 28.8 Å². The third-order valence-electron chi connectivity index (χ3n) is 2.31. The number of ether oxygens (including phenoxy) is 1. The molecule has 2 N–H and O–H groups in total. The predicted octanol–water partition coefficient (Wildman–Crippen LogP) is 1.63. The van der Waals surface area contributed by atoms with E-state index in [2.05, 4.69) is 10.1 Å². The number of aromatic nitrogens is 2. The minimum atomic E-state index is 0.000897. The first kappa shape index (κ1) is 11.6. The molecule has 90 valence electrons. The molecular formula is C12H15N3O2. The van der Waals surface area contributed by atoms with Crippen LogP contribution in [-0.2, 0) is 6.42 Å². The standard InChI is InChI=1S/C12H15N3O2/c1-8(13)7-11-14-12(15-17-11)9-5-3-4-6-10(9)16-2/h3-6,8H,7,13H2,1-2H3. The van der Waals surface area contributed by atoms with E-state index < -0.39 is 0 Å². The zero-order chi connectivity index (χ0) is 12.3. The van der Waals surface area contributed by atoms with Gasteiger partial charge >= 0.3 is 0 Å². The second-order valence-corrected chi connectivity index (χ2v) is 3.89. The van der Waals surface area contributed by atoms with Crippen LogP contribution in [0, 0.1) is 0 Å². The Balaban J connectivity index is 2.30. The quantitative estimate of drug-likeness (QED) is 0.868. The molecule has 0 amide bonds. The summed E-state index contributed by atoms with van der Waals surface area (Å²) in [6.07, 6.45) is 0.572. The van der Waals surface area contributed by atoms with Gasteiger partial charge in [0.15, 0.2) is 0 Å². The highest BCUT2D eigenvalue weighted by Gasteiger charge is 2.13. The van der Waals surface area contributed by atoms with Crippen molar-refractivity contribution < 1.29 is 9.26 Å². The lowest BCUT2D eigenvalue weighted by Gasteiger charge is -2.03. The van der Waals surface area contributed by atoms with Crippen LogP contribution in [0.2, 0.25) is 0 Å². The molecule has 2 rings (SSSR count). The van der Waals surface area contributed by atoms with E-state index in [1.807, 2.05) is 31.2 Å². The van der Waals surface area contributed by atoms with Crippen molar-refractivity contribution in [2.24, 2.45) is 5.73 Å². The fourth-order valence-corrected chi connectivity index (χ4v) is 1.55. The lowest BCUT2D eigenvalue weighted by Crippen LogP contribution is -2.17. The van der Waals surface area contributed by atoms with Crippen LogP contribution in [0.4, 0.5) is 0 Å². The molecule has 17 heavy (non-hydrogen) atoms. The number of rotatable bonds is 4. The first-order valence-corrected chi connectivity index (χ1v) is 5.42. The molecule has 1 aromatic heterocycles. The third-order valence-corrected chi connectivity index (χ3v) is 2.31. The van der Waals surface area contributed by atoms with Gasteiger partial charge in [-0.15, -0.1) is 0 Å². The predicted molar refractivity (Wildman–Crippen MR) is 63.6 cm³/mol. The number of hydrogen-bond donors (Lipinski definition) is 1. The van der Waals surface area contributed by atoms with Gasteiger partial charge in [-0.1, -0.05) is 17.3 Å². The number of para-hydroxylation sites is 1. The molecule has 1 aromatic carbocycles. The second kappa shape index (κ2) is 4.97. The Hall–Kier alpha value is -1.88. The smallest absolute Gasteiger partial charge is 0.228 e. The Bertz CT molecular complexity index is 494. The number of hydrogen-bond acceptors (Lipinski definition) is 5. The highest BCUT2D eigenvalue weighted by Crippen LogP contribution is 2.27. The molecule has 5 heteroatoms. The third kappa shape index (κ3) is 2.62. The first-order chi connectivity index (χ1) is 8.20. The van der Waals surface area contributed by atoms with Crippen LogP contribution in [-0.4, -0.2) is 23.3 Å². The zero-order valence-corrected chi connectivity index (χ0v) is 9.88. The Labute approximate surface area is 99.6 Å². The molecule has 0 aliphatic rings. The molecule has 0 aliphatic heterocycles. The highest BCUT2D eigenvalue weighted by molar-refractivity contribution is 5.63. The molecule has 0 radical (unpaired) electrons. The summed E-state index contributed by atoms with van der Waals surface area (Å²) in [7, 11) is 1.61. The fraction of sp³-hybridized carbons (Fsp3) is 0.333. The monoisotopic (exact) mass is 233 g/mol. The van der Waals surface area contributed by atoms with Gasteiger partial charge in [0.1, 0.15) is 5.75 Å². The summed E-state index contributed by atoms with van der Waals surface area (Å²) in [5, 5.41) is 3.93. The van der Waals surface area contributed by atoms with E-state index in [9.17, 15) is 0 Å². The molecule has 1 heterocycles. The van der Waals surface area contributed by atoms with E-state index in [4.69, 9.17) is 15.0 Å². The normalized spacial score (nSPS) is 12.4. The van der Waals surface area contributed by atoms with Crippen molar-refractivity contribution in [1.82, 2.24) is 10.1 Å². The largest absolute Gasteiger partial charge is 0.496 e. The molecule has 1 unspecified atom stereocenters. The van der Waals surface area contributed by atoms with Gasteiger partial charge in [0, 0.05) is 12.5 Å². The SMILES string of the molecule is COc1ccccc1-c1noc(CC(C)N)n1. The van der Waals surface area contributed by atoms with Crippen molar-refractivity contribution in [1.29, 1.82) is 0 Å². The van der Waals surface area contributed by atoms with E-state index in [1.54, 1.807) is 7.11 Å². The molecule has 0 aliphatic carbocycles. The van der Waals surface area contributed by atoms with Gasteiger partial charge in [-0.3, -0.25) is 0 Å². The maximum atomic E-state index is 5.68. The van der Waals surface area contributed by atoms with Gasteiger partial charge < -0.3 is 15.0 Å². The number of methoxy groups -OCH3 is 1. The molecule has 0 fully saturated rings. The summed E-state index contributed by atoms with van der Waals surface area (Å²) < 4.78 is 10.4. The van der Waals surface area contributed by atoms with Crippen LogP contribution >= 0.6 is 0 Å². The van der Waals surface area contributed by atoms with Gasteiger partial charge in [-0.2, -0.15) is 4.98 Å². The molecule has 0 bridgehead atoms. The lowest BCUT2D eigenvalue weighted by atomic mass is 10.2. The van der Waals surface area contributed by atoms with E-state index in [0.29, 0.717) is 18.1 Å². The molecule has 5 nitrogen and oxygen atoms in total. The van der Waals surface area contributed by atoms with Crippen molar-refractivity contribution in [3.63, 3.8) is 0 Å². The second-order valence-electron chi connectivity index (χ2n) is 3.89. The highest BCUT2D eigenvalue weighted by atomic mass is 16.5. The Kier molecular flexibility index (Phi) is 3.39. The number of nitrogens with two attached hydrogens (primary N) is 1. The average Bonchev–Trinajstić information content (AvgIpc) is 2.76. The lowest BCUT2D eigenvalue weighted by molar-refractivity contribution is 0.371. The number of nitrogens with zero attached hydrogens (tertiary/aromatic N) is 2. The fourth-order valence-electron chi connectivity index (χ4n) is 1.55. The van der Waals surface area contributed by atoms with Crippen LogP contribution < -0.4 is 10.5 Å². The maximum absolute atomic E-state index is 5.68. The van der Waals surface area contributed by atoms with Crippen molar-refractivity contribution in [2.45, 2.75) is 19.4 Å². The molecule has 0 spiro atoms. The minimum Gasteiger partial charge on any atom is -0.496 e. The van der Waals surface area contributed by atoms with Crippen LogP contribution in [0.3, 0.4) is 0 Å². The Morgan fingerprint density at radius 2 is 2.18 bits per heavy atom. The topological polar surface area (TPSA) is 74.2 Å². The van der Waals surface area contributed by atoms with Crippen molar-refractivity contribution in [3.8, 4) is 17.1 Å². The Morgan fingerprint density at radius 1 is 1.41 bits per heavy atom. The number of benzene rings is 1. The minimum absolute atomic E-state index is 0.000897. The van der Waals surface area contributed by atoms with Gasteiger partial charge in [0.25, 0.3) is 0 Å². The van der Waals surface area contributed by atoms with E-state index in [-0.39, 0.29) is 6.04 Å². The van der Waals surface area contributed by atoms with E-state index in [0.717, 1.165) is 11.3 Å². The molecule has 0 saturated heterocycles. The molecule has 0 saturated carbocycles. The van der Waals surface area contributed by atoms with E-state index in [1.165, 1.54) is 0 Å². The van der Waals surface area contributed by atoms with Gasteiger partial charge in [0.05, 0.1) is 12.7 Å². The van der Waals surface area contributed by atoms with Crippen molar-refractivity contribution in [2.75, 3.05) is 7.11 Å². The van der Waals surface area contributed by atoms with E-state index >= 15 is 0 Å². The summed E-state index contributed by atoms with van der Waals surface area (Å²) in [6.45, 7) is 1.90. The summed E-state index contributed by atoms with van der Waals surface area (Å²) in [5.74, 6) is 1.79. The molecular weight excluding hydrogens is 218 g/mol. The summed E-state index contributed by atoms with van der Waals surface area (Å²) in [6, 6.07) is 7.54. The van der Waals surface area contributed by atoms with Gasteiger partial charge in [0.2, 0.25) is 11.7 Å². The van der Waals surface area contributed by atoms with Gasteiger partial charge in [-0.25, -0.2) is 0 Å². The summed E-state index contributed by atoms with van der Waals surface area (Å²) in [5.41, 5.74) is 6.49. The molecule has 1 atom stereocenters. The zero-order valence-electron chi connectivity index (χ0n) is 9.88. The average molecular weight is 233 g/mol. The van der Waals surface area contributed by atoms with Gasteiger partial charge in [-0.05, 0) is 19.1 Å². The van der Waals surface area contributed by atoms with Crippen molar-refractivity contribution in [3.05, 3.63) is 30.2 Å². The van der Waals surface area contributed by atoms with Crippen molar-refractivity contribution >= 4 is 0 Å². The van der Waals surface area contributed by atoms with Crippen LogP contribution in [0.1, 0.15) is 12.8 Å². The maximum Gasteiger partial charge on any atom is 0.228 e. The summed E-state index contributed by atoms with van der Waals surface area (Å²) in [4.78, 5) is 4.29. The Morgan fingerprint density at radius 3 is 2.88 bits per heavy atom. The molecule has 2 aromatic rings. The van der Waals surface area contributed by atoms with Crippen LogP contribution in [0.25, 0.3) is 11.4 Å².